The molecule has 24 heavy (non-hydrogen) atoms. The summed E-state index contributed by atoms with van der Waals surface area (Å²) < 4.78 is 0. The number of aromatic amines is 1. The summed E-state index contributed by atoms with van der Waals surface area (Å²) in [5.41, 5.74) is 11.4. The van der Waals surface area contributed by atoms with E-state index in [1.807, 2.05) is 26.1 Å². The van der Waals surface area contributed by atoms with Crippen LogP contribution in [0.1, 0.15) is 22.5 Å². The number of fused-ring (bicyclic) bond motifs is 1. The Bertz CT molecular complexity index is 873. The summed E-state index contributed by atoms with van der Waals surface area (Å²) in [5, 5.41) is 4.19. The topological polar surface area (TPSA) is 92.0 Å². The molecule has 0 aliphatic heterocycles. The molecule has 1 aromatic carbocycles. The fourth-order valence-electron chi connectivity index (χ4n) is 2.73. The zero-order valence-electron chi connectivity index (χ0n) is 14.2. The van der Waals surface area contributed by atoms with Gasteiger partial charge in [-0.15, -0.1) is 0 Å². The highest BCUT2D eigenvalue weighted by Gasteiger charge is 2.04. The molecule has 2 heterocycles. The standard InChI is InChI=1S/C18H22N6/c1-11-4-5-16-15(8-11)14(10-21-16)6-7-20-17(19)24-18-22-12(2)9-13(3)23-18/h4-5,8-10,21H,6-7H2,1-3H3,(H3,19,20,22,23,24). The number of hydrogen-bond acceptors (Lipinski definition) is 3. The van der Waals surface area contributed by atoms with Crippen LogP contribution in [0.5, 0.6) is 0 Å². The maximum atomic E-state index is 5.93. The molecule has 0 amide bonds. The highest BCUT2D eigenvalue weighted by atomic mass is 15.2. The number of aliphatic imine (C=N–C) groups is 1. The van der Waals surface area contributed by atoms with Crippen molar-refractivity contribution in [3.63, 3.8) is 0 Å². The van der Waals surface area contributed by atoms with Crippen molar-refractivity contribution in [3.8, 4) is 0 Å². The molecule has 0 bridgehead atoms. The number of nitrogens with one attached hydrogen (secondary N) is 2. The number of aryl methyl sites for hydroxylation is 3. The van der Waals surface area contributed by atoms with Gasteiger partial charge in [-0.1, -0.05) is 11.6 Å². The molecule has 0 unspecified atom stereocenters. The van der Waals surface area contributed by atoms with Crippen LogP contribution in [0.2, 0.25) is 0 Å². The molecular weight excluding hydrogens is 300 g/mol. The van der Waals surface area contributed by atoms with Crippen molar-refractivity contribution in [1.82, 2.24) is 15.0 Å². The highest BCUT2D eigenvalue weighted by molar-refractivity contribution is 5.90. The minimum atomic E-state index is 0.330. The van der Waals surface area contributed by atoms with Gasteiger partial charge in [0.1, 0.15) is 0 Å². The molecule has 3 rings (SSSR count). The van der Waals surface area contributed by atoms with E-state index in [9.17, 15) is 0 Å². The quantitative estimate of drug-likeness (QED) is 0.509. The van der Waals surface area contributed by atoms with Crippen LogP contribution >= 0.6 is 0 Å². The molecule has 4 N–H and O–H groups in total. The lowest BCUT2D eigenvalue weighted by Crippen LogP contribution is -2.24. The molecule has 124 valence electrons. The third kappa shape index (κ3) is 3.71. The summed E-state index contributed by atoms with van der Waals surface area (Å²) in [4.78, 5) is 16.3. The molecule has 0 saturated carbocycles. The maximum absolute atomic E-state index is 5.93. The van der Waals surface area contributed by atoms with Gasteiger partial charge in [0.15, 0.2) is 5.96 Å². The highest BCUT2D eigenvalue weighted by Crippen LogP contribution is 2.20. The summed E-state index contributed by atoms with van der Waals surface area (Å²) in [6.07, 6.45) is 2.86. The van der Waals surface area contributed by atoms with Crippen molar-refractivity contribution < 1.29 is 0 Å². The SMILES string of the molecule is Cc1ccc2[nH]cc(CCN=C(N)Nc3nc(C)cc(C)n3)c2c1. The Labute approximate surface area is 141 Å². The predicted octanol–water partition coefficient (Wildman–Crippen LogP) is 2.85. The van der Waals surface area contributed by atoms with E-state index < -0.39 is 0 Å². The minimum Gasteiger partial charge on any atom is -0.370 e. The lowest BCUT2D eigenvalue weighted by molar-refractivity contribution is 0.969. The molecule has 0 spiro atoms. The van der Waals surface area contributed by atoms with Crippen molar-refractivity contribution in [2.24, 2.45) is 10.7 Å². The molecule has 0 radical (unpaired) electrons. The van der Waals surface area contributed by atoms with E-state index in [1.165, 1.54) is 16.5 Å². The van der Waals surface area contributed by atoms with Gasteiger partial charge in [-0.2, -0.15) is 0 Å². The second-order valence-corrected chi connectivity index (χ2v) is 5.98. The van der Waals surface area contributed by atoms with Crippen LogP contribution in [0, 0.1) is 20.8 Å². The Balaban J connectivity index is 1.65. The number of aromatic nitrogens is 3. The molecule has 0 atom stereocenters. The first kappa shape index (κ1) is 16.0. The summed E-state index contributed by atoms with van der Waals surface area (Å²) >= 11 is 0. The second-order valence-electron chi connectivity index (χ2n) is 5.98. The molecule has 0 fully saturated rings. The largest absolute Gasteiger partial charge is 0.370 e. The molecule has 6 heteroatoms. The molecule has 0 saturated heterocycles. The first-order valence-corrected chi connectivity index (χ1v) is 7.97. The van der Waals surface area contributed by atoms with E-state index in [1.54, 1.807) is 0 Å². The van der Waals surface area contributed by atoms with Crippen LogP contribution in [0.3, 0.4) is 0 Å². The number of rotatable bonds is 4. The van der Waals surface area contributed by atoms with Crippen molar-refractivity contribution in [2.45, 2.75) is 27.2 Å². The van der Waals surface area contributed by atoms with Crippen LogP contribution < -0.4 is 11.1 Å². The van der Waals surface area contributed by atoms with Crippen LogP contribution in [-0.4, -0.2) is 27.5 Å². The second kappa shape index (κ2) is 6.70. The van der Waals surface area contributed by atoms with Gasteiger partial charge in [0.05, 0.1) is 0 Å². The molecule has 2 aromatic heterocycles. The Hall–Kier alpha value is -2.89. The van der Waals surface area contributed by atoms with E-state index in [-0.39, 0.29) is 0 Å². The van der Waals surface area contributed by atoms with E-state index in [4.69, 9.17) is 5.73 Å². The average Bonchev–Trinajstić information content (AvgIpc) is 2.88. The smallest absolute Gasteiger partial charge is 0.229 e. The van der Waals surface area contributed by atoms with Gasteiger partial charge < -0.3 is 10.7 Å². The fourth-order valence-corrected chi connectivity index (χ4v) is 2.73. The number of benzene rings is 1. The Kier molecular flexibility index (Phi) is 4.46. The first-order chi connectivity index (χ1) is 11.5. The summed E-state index contributed by atoms with van der Waals surface area (Å²) in [6.45, 7) is 6.54. The summed E-state index contributed by atoms with van der Waals surface area (Å²) in [7, 11) is 0. The van der Waals surface area contributed by atoms with Gasteiger partial charge in [0.2, 0.25) is 5.95 Å². The monoisotopic (exact) mass is 322 g/mol. The predicted molar refractivity (Wildman–Crippen MR) is 98.4 cm³/mol. The maximum Gasteiger partial charge on any atom is 0.229 e. The molecular formula is C18H22N6. The minimum absolute atomic E-state index is 0.330. The van der Waals surface area contributed by atoms with Gasteiger partial charge in [0.25, 0.3) is 0 Å². The number of nitrogens with two attached hydrogens (primary N) is 1. The number of nitrogens with zero attached hydrogens (tertiary/aromatic N) is 3. The van der Waals surface area contributed by atoms with E-state index >= 15 is 0 Å². The first-order valence-electron chi connectivity index (χ1n) is 7.97. The zero-order chi connectivity index (χ0) is 17.1. The fraction of sp³-hybridized carbons (Fsp3) is 0.278. The number of H-pyrrole nitrogens is 1. The normalized spacial score (nSPS) is 11.9. The van der Waals surface area contributed by atoms with Crippen LogP contribution in [0.25, 0.3) is 10.9 Å². The zero-order valence-corrected chi connectivity index (χ0v) is 14.2. The van der Waals surface area contributed by atoms with Gasteiger partial charge in [-0.3, -0.25) is 10.3 Å². The molecule has 3 aromatic rings. The number of hydrogen-bond donors (Lipinski definition) is 3. The van der Waals surface area contributed by atoms with Crippen molar-refractivity contribution in [3.05, 3.63) is 53.0 Å². The van der Waals surface area contributed by atoms with Gasteiger partial charge in [0, 0.05) is 35.0 Å². The van der Waals surface area contributed by atoms with Crippen molar-refractivity contribution in [1.29, 1.82) is 0 Å². The van der Waals surface area contributed by atoms with Crippen LogP contribution in [-0.2, 0) is 6.42 Å². The van der Waals surface area contributed by atoms with Crippen LogP contribution in [0.4, 0.5) is 5.95 Å². The number of guanidine groups is 1. The summed E-state index contributed by atoms with van der Waals surface area (Å²) in [6, 6.07) is 8.31. The Morgan fingerprint density at radius 1 is 1.17 bits per heavy atom. The molecule has 6 nitrogen and oxygen atoms in total. The van der Waals surface area contributed by atoms with Gasteiger partial charge >= 0.3 is 0 Å². The van der Waals surface area contributed by atoms with Crippen molar-refractivity contribution in [2.75, 3.05) is 11.9 Å². The third-order valence-electron chi connectivity index (χ3n) is 3.81. The van der Waals surface area contributed by atoms with E-state index in [0.717, 1.165) is 23.3 Å². The summed E-state index contributed by atoms with van der Waals surface area (Å²) in [5.74, 6) is 0.812. The molecule has 0 aliphatic rings. The van der Waals surface area contributed by atoms with E-state index in [2.05, 4.69) is 50.4 Å². The van der Waals surface area contributed by atoms with E-state index in [0.29, 0.717) is 18.5 Å². The van der Waals surface area contributed by atoms with Gasteiger partial charge in [-0.25, -0.2) is 9.97 Å². The molecule has 0 aliphatic carbocycles. The number of anilines is 1. The average molecular weight is 322 g/mol. The Morgan fingerprint density at radius 2 is 1.92 bits per heavy atom. The van der Waals surface area contributed by atoms with Crippen molar-refractivity contribution >= 4 is 22.8 Å². The Morgan fingerprint density at radius 3 is 2.67 bits per heavy atom. The third-order valence-corrected chi connectivity index (χ3v) is 3.81. The lowest BCUT2D eigenvalue weighted by atomic mass is 10.1. The van der Waals surface area contributed by atoms with Crippen LogP contribution in [0.15, 0.2) is 35.5 Å². The van der Waals surface area contributed by atoms with Gasteiger partial charge in [-0.05, 0) is 51.0 Å². The lowest BCUT2D eigenvalue weighted by Gasteiger charge is -2.05.